The topological polar surface area (TPSA) is 92.5 Å². The van der Waals surface area contributed by atoms with Crippen LogP contribution in [0.3, 0.4) is 0 Å². The molecule has 0 spiro atoms. The Morgan fingerprint density at radius 2 is 2.00 bits per heavy atom. The molecule has 0 fully saturated rings. The molecule has 0 bridgehead atoms. The lowest BCUT2D eigenvalue weighted by Gasteiger charge is -2.30. The highest BCUT2D eigenvalue weighted by Gasteiger charge is 2.30. The summed E-state index contributed by atoms with van der Waals surface area (Å²) in [5.74, 6) is 0.144. The quantitative estimate of drug-likeness (QED) is 0.622. The monoisotopic (exact) mass is 459 g/mol. The van der Waals surface area contributed by atoms with Crippen molar-refractivity contribution in [3.05, 3.63) is 75.6 Å². The fourth-order valence-electron chi connectivity index (χ4n) is 3.73. The van der Waals surface area contributed by atoms with E-state index in [0.717, 1.165) is 24.0 Å². The van der Waals surface area contributed by atoms with Crippen LogP contribution in [0.1, 0.15) is 39.4 Å². The number of hydrogen-bond donors (Lipinski definition) is 1. The van der Waals surface area contributed by atoms with E-state index in [0.29, 0.717) is 23.7 Å². The van der Waals surface area contributed by atoms with Crippen LogP contribution >= 0.6 is 11.6 Å². The summed E-state index contributed by atoms with van der Waals surface area (Å²) in [5.41, 5.74) is 3.22. The van der Waals surface area contributed by atoms with Crippen molar-refractivity contribution in [2.45, 2.75) is 38.1 Å². The van der Waals surface area contributed by atoms with Crippen LogP contribution in [0.2, 0.25) is 5.02 Å². The molecule has 1 amide bonds. The lowest BCUT2D eigenvalue weighted by Crippen LogP contribution is -2.35. The number of nitrogens with zero attached hydrogens (tertiary/aromatic N) is 2. The molecular weight excluding hydrogens is 438 g/mol. The molecule has 0 saturated heterocycles. The summed E-state index contributed by atoms with van der Waals surface area (Å²) in [5, 5.41) is 6.80. The Hall–Kier alpha value is -2.84. The minimum absolute atomic E-state index is 0.0242. The van der Waals surface area contributed by atoms with Crippen molar-refractivity contribution in [2.75, 3.05) is 10.8 Å². The van der Waals surface area contributed by atoms with Crippen molar-refractivity contribution in [3.63, 3.8) is 0 Å². The number of para-hydroxylation sites is 1. The van der Waals surface area contributed by atoms with Crippen LogP contribution in [0, 0.1) is 13.8 Å². The van der Waals surface area contributed by atoms with E-state index in [9.17, 15) is 13.2 Å². The van der Waals surface area contributed by atoms with Gasteiger partial charge in [-0.15, -0.1) is 0 Å². The van der Waals surface area contributed by atoms with E-state index in [-0.39, 0.29) is 22.0 Å². The number of carbonyl (C=O) groups excluding carboxylic acids is 1. The van der Waals surface area contributed by atoms with E-state index in [1.807, 2.05) is 18.2 Å². The molecule has 0 aliphatic carbocycles. The number of anilines is 1. The van der Waals surface area contributed by atoms with Crippen molar-refractivity contribution in [1.29, 1.82) is 0 Å². The van der Waals surface area contributed by atoms with Gasteiger partial charge in [-0.3, -0.25) is 9.10 Å². The third-order valence-electron chi connectivity index (χ3n) is 5.45. The molecule has 0 unspecified atom stereocenters. The fraction of sp³-hybridized carbons (Fsp3) is 0.273. The Morgan fingerprint density at radius 3 is 2.74 bits per heavy atom. The van der Waals surface area contributed by atoms with Gasteiger partial charge in [0, 0.05) is 18.7 Å². The van der Waals surface area contributed by atoms with Crippen LogP contribution in [0.5, 0.6) is 0 Å². The van der Waals surface area contributed by atoms with E-state index in [2.05, 4.69) is 10.5 Å². The van der Waals surface area contributed by atoms with Crippen LogP contribution in [0.4, 0.5) is 5.69 Å². The summed E-state index contributed by atoms with van der Waals surface area (Å²) in [6, 6.07) is 11.7. The Labute approximate surface area is 186 Å². The number of aryl methyl sites for hydroxylation is 3. The molecular formula is C22H22ClN3O4S. The molecule has 9 heteroatoms. The van der Waals surface area contributed by atoms with Crippen molar-refractivity contribution < 1.29 is 17.7 Å². The van der Waals surface area contributed by atoms with E-state index >= 15 is 0 Å². The molecule has 2 heterocycles. The SMILES string of the molecule is Cc1noc(C)c1CNC(=O)c1cc(S(=O)(=O)N2CCCc3ccccc32)ccc1Cl. The van der Waals surface area contributed by atoms with Gasteiger partial charge in [-0.1, -0.05) is 35.0 Å². The van der Waals surface area contributed by atoms with Crippen LogP contribution in [-0.2, 0) is 23.0 Å². The average Bonchev–Trinajstić information content (AvgIpc) is 3.09. The molecule has 7 nitrogen and oxygen atoms in total. The number of benzene rings is 2. The maximum atomic E-state index is 13.4. The summed E-state index contributed by atoms with van der Waals surface area (Å²) in [7, 11) is -3.85. The molecule has 4 rings (SSSR count). The van der Waals surface area contributed by atoms with Crippen molar-refractivity contribution in [3.8, 4) is 0 Å². The highest BCUT2D eigenvalue weighted by atomic mass is 35.5. The van der Waals surface area contributed by atoms with Gasteiger partial charge in [-0.25, -0.2) is 8.42 Å². The largest absolute Gasteiger partial charge is 0.361 e. The second kappa shape index (κ2) is 8.36. The van der Waals surface area contributed by atoms with Crippen molar-refractivity contribution >= 4 is 33.2 Å². The first-order valence-electron chi connectivity index (χ1n) is 9.89. The Morgan fingerprint density at radius 1 is 1.23 bits per heavy atom. The Balaban J connectivity index is 1.62. The number of hydrogen-bond acceptors (Lipinski definition) is 5. The first kappa shape index (κ1) is 21.4. The highest BCUT2D eigenvalue weighted by Crippen LogP contribution is 2.32. The van der Waals surface area contributed by atoms with Crippen molar-refractivity contribution in [1.82, 2.24) is 10.5 Å². The number of amides is 1. The minimum Gasteiger partial charge on any atom is -0.361 e. The smallest absolute Gasteiger partial charge is 0.264 e. The lowest BCUT2D eigenvalue weighted by molar-refractivity contribution is 0.0950. The number of aromatic nitrogens is 1. The second-order valence-corrected chi connectivity index (χ2v) is 9.71. The number of sulfonamides is 1. The molecule has 0 saturated carbocycles. The summed E-state index contributed by atoms with van der Waals surface area (Å²) in [4.78, 5) is 12.8. The van der Waals surface area contributed by atoms with Gasteiger partial charge in [0.15, 0.2) is 0 Å². The van der Waals surface area contributed by atoms with Crippen LogP contribution < -0.4 is 9.62 Å². The number of rotatable bonds is 5. The first-order valence-corrected chi connectivity index (χ1v) is 11.7. The van der Waals surface area contributed by atoms with E-state index in [1.165, 1.54) is 22.5 Å². The zero-order valence-corrected chi connectivity index (χ0v) is 18.8. The van der Waals surface area contributed by atoms with Gasteiger partial charge in [-0.05, 0) is 56.5 Å². The summed E-state index contributed by atoms with van der Waals surface area (Å²) < 4.78 is 33.3. The summed E-state index contributed by atoms with van der Waals surface area (Å²) in [6.45, 7) is 4.13. The second-order valence-electron chi connectivity index (χ2n) is 7.44. The van der Waals surface area contributed by atoms with E-state index in [1.54, 1.807) is 19.9 Å². The Kier molecular flexibility index (Phi) is 5.77. The first-order chi connectivity index (χ1) is 14.8. The van der Waals surface area contributed by atoms with Crippen LogP contribution in [-0.4, -0.2) is 26.0 Å². The number of halogens is 1. The van der Waals surface area contributed by atoms with Gasteiger partial charge in [0.05, 0.1) is 26.9 Å². The van der Waals surface area contributed by atoms with Crippen molar-refractivity contribution in [2.24, 2.45) is 0 Å². The molecule has 0 atom stereocenters. The predicted octanol–water partition coefficient (Wildman–Crippen LogP) is 4.02. The summed E-state index contributed by atoms with van der Waals surface area (Å²) >= 11 is 6.23. The zero-order chi connectivity index (χ0) is 22.2. The van der Waals surface area contributed by atoms with Crippen LogP contribution in [0.15, 0.2) is 51.9 Å². The predicted molar refractivity (Wildman–Crippen MR) is 118 cm³/mol. The molecule has 162 valence electrons. The third-order valence-corrected chi connectivity index (χ3v) is 7.58. The highest BCUT2D eigenvalue weighted by molar-refractivity contribution is 7.92. The van der Waals surface area contributed by atoms with Gasteiger partial charge in [0.1, 0.15) is 5.76 Å². The number of carbonyl (C=O) groups is 1. The molecule has 3 aromatic rings. The van der Waals surface area contributed by atoms with Gasteiger partial charge in [0.2, 0.25) is 0 Å². The van der Waals surface area contributed by atoms with E-state index < -0.39 is 15.9 Å². The Bertz CT molecular complexity index is 1230. The van der Waals surface area contributed by atoms with Gasteiger partial charge in [0.25, 0.3) is 15.9 Å². The average molecular weight is 460 g/mol. The van der Waals surface area contributed by atoms with Gasteiger partial charge >= 0.3 is 0 Å². The maximum absolute atomic E-state index is 13.4. The van der Waals surface area contributed by atoms with Gasteiger partial charge in [-0.2, -0.15) is 0 Å². The van der Waals surface area contributed by atoms with Gasteiger partial charge < -0.3 is 9.84 Å². The molecule has 1 N–H and O–H groups in total. The molecule has 0 radical (unpaired) electrons. The molecule has 1 aliphatic heterocycles. The zero-order valence-electron chi connectivity index (χ0n) is 17.2. The summed E-state index contributed by atoms with van der Waals surface area (Å²) in [6.07, 6.45) is 1.56. The maximum Gasteiger partial charge on any atom is 0.264 e. The third kappa shape index (κ3) is 4.05. The fourth-order valence-corrected chi connectivity index (χ4v) is 5.50. The molecule has 1 aromatic heterocycles. The molecule has 2 aromatic carbocycles. The lowest BCUT2D eigenvalue weighted by atomic mass is 10.0. The number of nitrogens with one attached hydrogen (secondary N) is 1. The minimum atomic E-state index is -3.85. The molecule has 1 aliphatic rings. The normalized spacial score (nSPS) is 13.7. The van der Waals surface area contributed by atoms with E-state index in [4.69, 9.17) is 16.1 Å². The van der Waals surface area contributed by atoms with Crippen LogP contribution in [0.25, 0.3) is 0 Å². The number of fused-ring (bicyclic) bond motifs is 1. The standard InChI is InChI=1S/C22H22ClN3O4S/c1-14-19(15(2)30-25-14)13-24-22(27)18-12-17(9-10-20(18)23)31(28,29)26-11-5-7-16-6-3-4-8-21(16)26/h3-4,6,8-10,12H,5,7,11,13H2,1-2H3,(H,24,27). The molecule has 31 heavy (non-hydrogen) atoms.